The van der Waals surface area contributed by atoms with Crippen LogP contribution < -0.4 is 0 Å². The summed E-state index contributed by atoms with van der Waals surface area (Å²) >= 11 is 0. The van der Waals surface area contributed by atoms with E-state index in [0.717, 1.165) is 0 Å². The number of hydrogen-bond acceptors (Lipinski definition) is 5. The second-order valence-electron chi connectivity index (χ2n) is 10.5. The highest BCUT2D eigenvalue weighted by Gasteiger charge is 2.33. The lowest BCUT2D eigenvalue weighted by atomic mass is 10.2. The average molecular weight is 532 g/mol. The predicted octanol–water partition coefficient (Wildman–Crippen LogP) is 6.18. The van der Waals surface area contributed by atoms with Crippen molar-refractivity contribution in [1.82, 2.24) is 0 Å². The Hall–Kier alpha value is -1.13. The fourth-order valence-corrected chi connectivity index (χ4v) is 5.38. The van der Waals surface area contributed by atoms with Gasteiger partial charge in [0.25, 0.3) is 0 Å². The highest BCUT2D eigenvalue weighted by atomic mass is 28.4. The zero-order chi connectivity index (χ0) is 25.8. The molecule has 0 aliphatic carbocycles. The molecular formula is C20H34F5NO4Si3. The second-order valence-corrected chi connectivity index (χ2v) is 23.9. The van der Waals surface area contributed by atoms with Crippen molar-refractivity contribution < 1.29 is 40.1 Å². The number of benzene rings is 1. The Morgan fingerprint density at radius 2 is 1.15 bits per heavy atom. The quantitative estimate of drug-likeness (QED) is 0.0808. The molecule has 0 bridgehead atoms. The highest BCUT2D eigenvalue weighted by Crippen LogP contribution is 2.24. The SMILES string of the molecule is C[Si](C)(C)OCC(O[Si](C)(C)C)C(/C=N/OCc1c(F)c(F)c(F)c(F)c1F)O[Si](C)(C)C. The number of nitrogens with zero attached hydrogens (tertiary/aromatic N) is 1. The van der Waals surface area contributed by atoms with Gasteiger partial charge in [0, 0.05) is 0 Å². The lowest BCUT2D eigenvalue weighted by Crippen LogP contribution is -2.48. The molecule has 0 aromatic heterocycles. The summed E-state index contributed by atoms with van der Waals surface area (Å²) in [4.78, 5) is 4.89. The number of oxime groups is 1. The van der Waals surface area contributed by atoms with E-state index in [9.17, 15) is 22.0 Å². The van der Waals surface area contributed by atoms with E-state index in [2.05, 4.69) is 5.16 Å². The van der Waals surface area contributed by atoms with Crippen molar-refractivity contribution in [2.45, 2.75) is 77.7 Å². The zero-order valence-electron chi connectivity index (χ0n) is 20.6. The Balaban J connectivity index is 3.11. The van der Waals surface area contributed by atoms with Crippen molar-refractivity contribution in [1.29, 1.82) is 0 Å². The summed E-state index contributed by atoms with van der Waals surface area (Å²) < 4.78 is 86.1. The van der Waals surface area contributed by atoms with Crippen LogP contribution in [0, 0.1) is 29.1 Å². The molecule has 5 nitrogen and oxygen atoms in total. The standard InChI is InChI=1S/C20H34F5NO4Si3/c1-31(2,3)28-12-15(30-33(7,8)9)14(29-32(4,5)6)10-26-27-11-13-16(21)18(23)20(25)19(24)17(13)22/h10,14-15H,11-12H2,1-9H3/b26-10+. The van der Waals surface area contributed by atoms with E-state index in [4.69, 9.17) is 18.1 Å². The van der Waals surface area contributed by atoms with Gasteiger partial charge >= 0.3 is 0 Å². The minimum absolute atomic E-state index is 0.249. The summed E-state index contributed by atoms with van der Waals surface area (Å²) in [6.45, 7) is 17.3. The van der Waals surface area contributed by atoms with Gasteiger partial charge in [0.2, 0.25) is 5.82 Å². The largest absolute Gasteiger partial charge is 0.415 e. The minimum atomic E-state index is -2.23. The fraction of sp³-hybridized carbons (Fsp3) is 0.650. The zero-order valence-corrected chi connectivity index (χ0v) is 23.6. The van der Waals surface area contributed by atoms with Crippen molar-refractivity contribution in [3.05, 3.63) is 34.6 Å². The molecule has 0 amide bonds. The van der Waals surface area contributed by atoms with Crippen molar-refractivity contribution in [2.75, 3.05) is 6.61 Å². The van der Waals surface area contributed by atoms with Crippen LogP contribution in [-0.4, -0.2) is 50.0 Å². The summed E-state index contributed by atoms with van der Waals surface area (Å²) in [6, 6.07) is 0. The molecule has 1 rings (SSSR count). The predicted molar refractivity (Wildman–Crippen MR) is 125 cm³/mol. The maximum atomic E-state index is 13.8. The molecule has 0 fully saturated rings. The average Bonchev–Trinajstić information content (AvgIpc) is 2.64. The first-order valence-electron chi connectivity index (χ1n) is 10.5. The molecule has 1 aromatic rings. The van der Waals surface area contributed by atoms with Crippen LogP contribution >= 0.6 is 0 Å². The first kappa shape index (κ1) is 29.9. The fourth-order valence-electron chi connectivity index (χ4n) is 2.57. The van der Waals surface area contributed by atoms with E-state index >= 15 is 0 Å². The van der Waals surface area contributed by atoms with Gasteiger partial charge in [0.1, 0.15) is 12.7 Å². The molecule has 0 N–H and O–H groups in total. The number of hydrogen-bond donors (Lipinski definition) is 0. The van der Waals surface area contributed by atoms with Crippen LogP contribution in [0.2, 0.25) is 58.9 Å². The summed E-state index contributed by atoms with van der Waals surface area (Å²) in [7, 11) is -6.03. The van der Waals surface area contributed by atoms with Crippen LogP contribution in [0.1, 0.15) is 5.56 Å². The van der Waals surface area contributed by atoms with Gasteiger partial charge in [-0.2, -0.15) is 0 Å². The molecule has 0 heterocycles. The van der Waals surface area contributed by atoms with Gasteiger partial charge in [0.15, 0.2) is 48.2 Å². The first-order chi connectivity index (χ1) is 14.8. The molecule has 0 aliphatic heterocycles. The third kappa shape index (κ3) is 10.3. The van der Waals surface area contributed by atoms with Crippen LogP contribution in [0.3, 0.4) is 0 Å². The van der Waals surface area contributed by atoms with Gasteiger partial charge in [0.05, 0.1) is 24.5 Å². The van der Waals surface area contributed by atoms with E-state index in [1.165, 1.54) is 6.21 Å². The maximum absolute atomic E-state index is 13.8. The van der Waals surface area contributed by atoms with Gasteiger partial charge in [-0.05, 0) is 58.9 Å². The van der Waals surface area contributed by atoms with Crippen LogP contribution in [0.15, 0.2) is 5.16 Å². The molecule has 33 heavy (non-hydrogen) atoms. The molecule has 2 atom stereocenters. The summed E-state index contributed by atoms with van der Waals surface area (Å²) in [5, 5.41) is 3.70. The molecule has 0 aliphatic rings. The monoisotopic (exact) mass is 531 g/mol. The molecule has 13 heteroatoms. The van der Waals surface area contributed by atoms with Crippen molar-refractivity contribution in [2.24, 2.45) is 5.16 Å². The molecule has 1 aromatic carbocycles. The third-order valence-electron chi connectivity index (χ3n) is 3.83. The van der Waals surface area contributed by atoms with E-state index < -0.39 is 78.4 Å². The maximum Gasteiger partial charge on any atom is 0.200 e. The van der Waals surface area contributed by atoms with Gasteiger partial charge < -0.3 is 18.1 Å². The van der Waals surface area contributed by atoms with Crippen LogP contribution in [0.25, 0.3) is 0 Å². The van der Waals surface area contributed by atoms with Gasteiger partial charge in [-0.3, -0.25) is 0 Å². The molecule has 2 unspecified atom stereocenters. The van der Waals surface area contributed by atoms with Gasteiger partial charge in [-0.15, -0.1) is 0 Å². The van der Waals surface area contributed by atoms with Gasteiger partial charge in [-0.1, -0.05) is 5.16 Å². The highest BCUT2D eigenvalue weighted by molar-refractivity contribution is 6.70. The summed E-state index contributed by atoms with van der Waals surface area (Å²) in [5.41, 5.74) is -1.11. The summed E-state index contributed by atoms with van der Waals surface area (Å²) in [5.74, 6) is -10.2. The Kier molecular flexibility index (Phi) is 10.5. The minimum Gasteiger partial charge on any atom is -0.415 e. The van der Waals surface area contributed by atoms with E-state index in [-0.39, 0.29) is 6.61 Å². The second kappa shape index (κ2) is 11.5. The topological polar surface area (TPSA) is 49.3 Å². The van der Waals surface area contributed by atoms with E-state index in [1.54, 1.807) is 0 Å². The normalized spacial score (nSPS) is 15.2. The van der Waals surface area contributed by atoms with Crippen LogP contribution in [0.4, 0.5) is 22.0 Å². The molecular weight excluding hydrogens is 497 g/mol. The summed E-state index contributed by atoms with van der Waals surface area (Å²) in [6.07, 6.45) is 0.0654. The molecule has 0 radical (unpaired) electrons. The van der Waals surface area contributed by atoms with E-state index in [0.29, 0.717) is 0 Å². The lowest BCUT2D eigenvalue weighted by molar-refractivity contribution is 0.0428. The molecule has 0 saturated heterocycles. The smallest absolute Gasteiger partial charge is 0.200 e. The van der Waals surface area contributed by atoms with E-state index in [1.807, 2.05) is 58.9 Å². The Morgan fingerprint density at radius 1 is 0.697 bits per heavy atom. The first-order valence-corrected chi connectivity index (χ1v) is 20.7. The Labute approximate surface area is 195 Å². The molecule has 0 spiro atoms. The Morgan fingerprint density at radius 3 is 1.58 bits per heavy atom. The number of rotatable bonds is 12. The lowest BCUT2D eigenvalue weighted by Gasteiger charge is -2.35. The molecule has 190 valence electrons. The number of halogens is 5. The van der Waals surface area contributed by atoms with Crippen molar-refractivity contribution >= 4 is 31.2 Å². The van der Waals surface area contributed by atoms with Gasteiger partial charge in [-0.25, -0.2) is 22.0 Å². The van der Waals surface area contributed by atoms with Crippen LogP contribution in [0.5, 0.6) is 0 Å². The third-order valence-corrected chi connectivity index (χ3v) is 6.86. The van der Waals surface area contributed by atoms with Crippen molar-refractivity contribution in [3.63, 3.8) is 0 Å². The molecule has 0 saturated carbocycles. The van der Waals surface area contributed by atoms with Crippen molar-refractivity contribution in [3.8, 4) is 0 Å². The Bertz CT molecular complexity index is 810. The van der Waals surface area contributed by atoms with Crippen LogP contribution in [-0.2, 0) is 24.7 Å².